The summed E-state index contributed by atoms with van der Waals surface area (Å²) in [5.41, 5.74) is 1.30. The van der Waals surface area contributed by atoms with Crippen LogP contribution in [0.5, 0.6) is 11.5 Å². The molecule has 1 aromatic heterocycles. The lowest BCUT2D eigenvalue weighted by molar-refractivity contribution is 0.439. The van der Waals surface area contributed by atoms with Gasteiger partial charge in [0, 0.05) is 17.5 Å². The predicted octanol–water partition coefficient (Wildman–Crippen LogP) is 4.68. The number of halogens is 2. The summed E-state index contributed by atoms with van der Waals surface area (Å²) >= 11 is 6.09. The summed E-state index contributed by atoms with van der Waals surface area (Å²) in [4.78, 5) is 14.7. The molecule has 2 aromatic carbocycles. The molecule has 0 aliphatic carbocycles. The largest absolute Gasteiger partial charge is 0.454 e. The molecule has 28 heavy (non-hydrogen) atoms. The molecule has 0 fully saturated rings. The van der Waals surface area contributed by atoms with Gasteiger partial charge in [0.2, 0.25) is 0 Å². The minimum atomic E-state index is -0.690. The first-order chi connectivity index (χ1) is 13.4. The molecule has 0 aliphatic rings. The van der Waals surface area contributed by atoms with Crippen molar-refractivity contribution in [3.05, 3.63) is 91.4 Å². The second-order valence-corrected chi connectivity index (χ2v) is 6.35. The van der Waals surface area contributed by atoms with Gasteiger partial charge in [-0.2, -0.15) is 10.4 Å². The molecule has 1 heterocycles. The minimum absolute atomic E-state index is 0.0404. The quantitative estimate of drug-likeness (QED) is 0.651. The van der Waals surface area contributed by atoms with Gasteiger partial charge in [0.25, 0.3) is 5.56 Å². The molecule has 3 aromatic rings. The highest BCUT2D eigenvalue weighted by atomic mass is 35.5. The first kappa shape index (κ1) is 19.1. The molecule has 0 unspecified atom stereocenters. The predicted molar refractivity (Wildman–Crippen MR) is 101 cm³/mol. The zero-order chi connectivity index (χ0) is 20.3. The third-order valence-corrected chi connectivity index (χ3v) is 4.21. The number of aryl methyl sites for hydroxylation is 1. The maximum Gasteiger partial charge on any atom is 0.267 e. The Hall–Kier alpha value is -3.68. The van der Waals surface area contributed by atoms with Gasteiger partial charge in [-0.05, 0) is 42.8 Å². The highest BCUT2D eigenvalue weighted by Crippen LogP contribution is 2.36. The van der Waals surface area contributed by atoms with E-state index in [-0.39, 0.29) is 45.3 Å². The van der Waals surface area contributed by atoms with Crippen LogP contribution in [0.2, 0.25) is 5.02 Å². The van der Waals surface area contributed by atoms with Gasteiger partial charge in [-0.1, -0.05) is 17.7 Å². The maximum atomic E-state index is 15.0. The van der Waals surface area contributed by atoms with Crippen LogP contribution in [0.25, 0.3) is 4.85 Å². The molecule has 0 spiro atoms. The van der Waals surface area contributed by atoms with Gasteiger partial charge in [-0.15, -0.1) is 0 Å². The molecule has 6 nitrogen and oxygen atoms in total. The Balaban J connectivity index is 1.98. The van der Waals surface area contributed by atoms with E-state index >= 15 is 4.39 Å². The number of aromatic nitrogens is 2. The number of hydrogen-bond donors (Lipinski definition) is 1. The summed E-state index contributed by atoms with van der Waals surface area (Å²) in [5.74, 6) is -0.780. The zero-order valence-corrected chi connectivity index (χ0v) is 15.3. The van der Waals surface area contributed by atoms with Crippen LogP contribution in [0, 0.1) is 30.6 Å². The monoisotopic (exact) mass is 394 g/mol. The number of nitrogens with one attached hydrogen (secondary N) is 1. The Morgan fingerprint density at radius 3 is 2.82 bits per heavy atom. The number of nitriles is 1. The highest BCUT2D eigenvalue weighted by molar-refractivity contribution is 6.32. The van der Waals surface area contributed by atoms with Crippen molar-refractivity contribution < 1.29 is 9.13 Å². The van der Waals surface area contributed by atoms with Crippen molar-refractivity contribution in [3.8, 4) is 17.6 Å². The number of hydrogen-bond acceptors (Lipinski definition) is 4. The van der Waals surface area contributed by atoms with E-state index in [9.17, 15) is 4.79 Å². The van der Waals surface area contributed by atoms with Crippen LogP contribution in [-0.2, 0) is 6.42 Å². The third-order valence-electron chi connectivity index (χ3n) is 3.91. The van der Waals surface area contributed by atoms with E-state index in [1.165, 1.54) is 30.3 Å². The van der Waals surface area contributed by atoms with Crippen molar-refractivity contribution in [2.75, 3.05) is 0 Å². The van der Waals surface area contributed by atoms with E-state index < -0.39 is 5.82 Å². The maximum absolute atomic E-state index is 15.0. The first-order valence-corrected chi connectivity index (χ1v) is 8.41. The van der Waals surface area contributed by atoms with Gasteiger partial charge in [0.15, 0.2) is 17.3 Å². The van der Waals surface area contributed by atoms with E-state index in [4.69, 9.17) is 28.2 Å². The summed E-state index contributed by atoms with van der Waals surface area (Å²) < 4.78 is 20.6. The lowest BCUT2D eigenvalue weighted by atomic mass is 10.1. The Morgan fingerprint density at radius 1 is 1.36 bits per heavy atom. The van der Waals surface area contributed by atoms with Gasteiger partial charge in [-0.25, -0.2) is 14.3 Å². The normalized spacial score (nSPS) is 10.2. The third kappa shape index (κ3) is 4.01. The lowest BCUT2D eigenvalue weighted by Gasteiger charge is -2.12. The Morgan fingerprint density at radius 2 is 2.14 bits per heavy atom. The van der Waals surface area contributed by atoms with Crippen molar-refractivity contribution in [2.45, 2.75) is 13.3 Å². The van der Waals surface area contributed by atoms with Crippen LogP contribution in [0.1, 0.15) is 22.4 Å². The molecule has 0 amide bonds. The standard InChI is InChI=1S/C20H12ClFN4O2/c1-11-5-15(25-26-20(11)27)8-13-3-4-17(21)19(18(13)22)28-16-7-12(10-23)6-14(9-16)24-2/h3-7,9H,8H2,1H3,(H,26,27). The van der Waals surface area contributed by atoms with Crippen molar-refractivity contribution in [1.29, 1.82) is 5.26 Å². The number of benzene rings is 2. The zero-order valence-electron chi connectivity index (χ0n) is 14.6. The average Bonchev–Trinajstić information content (AvgIpc) is 2.69. The van der Waals surface area contributed by atoms with Crippen LogP contribution < -0.4 is 10.3 Å². The Kier molecular flexibility index (Phi) is 5.39. The molecule has 8 heteroatoms. The fourth-order valence-electron chi connectivity index (χ4n) is 2.54. The summed E-state index contributed by atoms with van der Waals surface area (Å²) in [6.45, 7) is 8.73. The summed E-state index contributed by atoms with van der Waals surface area (Å²) in [7, 11) is 0. The number of H-pyrrole nitrogens is 1. The first-order valence-electron chi connectivity index (χ1n) is 8.04. The smallest absolute Gasteiger partial charge is 0.267 e. The van der Waals surface area contributed by atoms with Crippen molar-refractivity contribution >= 4 is 17.3 Å². The second-order valence-electron chi connectivity index (χ2n) is 5.94. The van der Waals surface area contributed by atoms with E-state index in [1.807, 2.05) is 6.07 Å². The fourth-order valence-corrected chi connectivity index (χ4v) is 2.72. The molecule has 0 atom stereocenters. The van der Waals surface area contributed by atoms with Crippen molar-refractivity contribution in [1.82, 2.24) is 10.2 Å². The van der Waals surface area contributed by atoms with Crippen molar-refractivity contribution in [3.63, 3.8) is 0 Å². The molecule has 0 saturated heterocycles. The molecule has 0 saturated carbocycles. The van der Waals surface area contributed by atoms with E-state index in [0.717, 1.165) is 0 Å². The number of aromatic amines is 1. The highest BCUT2D eigenvalue weighted by Gasteiger charge is 2.17. The van der Waals surface area contributed by atoms with Gasteiger partial charge in [0.05, 0.1) is 23.4 Å². The SMILES string of the molecule is [C-]#[N+]c1cc(C#N)cc(Oc2c(Cl)ccc(Cc3cc(C)c(=O)[nH]n3)c2F)c1. The van der Waals surface area contributed by atoms with Crippen LogP contribution in [-0.4, -0.2) is 10.2 Å². The van der Waals surface area contributed by atoms with E-state index in [1.54, 1.807) is 13.0 Å². The summed E-state index contributed by atoms with van der Waals surface area (Å²) in [5, 5.41) is 15.4. The Bertz CT molecular complexity index is 1180. The number of rotatable bonds is 4. The fraction of sp³-hybridized carbons (Fsp3) is 0.100. The topological polar surface area (TPSA) is 83.1 Å². The Labute approximate surface area is 164 Å². The molecular weight excluding hydrogens is 383 g/mol. The van der Waals surface area contributed by atoms with Crippen LogP contribution in [0.4, 0.5) is 10.1 Å². The number of ether oxygens (including phenoxy) is 1. The van der Waals surface area contributed by atoms with Gasteiger partial charge < -0.3 is 4.74 Å². The van der Waals surface area contributed by atoms with E-state index in [0.29, 0.717) is 11.3 Å². The molecule has 0 radical (unpaired) electrons. The van der Waals surface area contributed by atoms with Crippen LogP contribution >= 0.6 is 11.6 Å². The summed E-state index contributed by atoms with van der Waals surface area (Å²) in [6.07, 6.45) is 0.114. The molecular formula is C20H12ClFN4O2. The average molecular weight is 395 g/mol. The number of nitrogens with zero attached hydrogens (tertiary/aromatic N) is 3. The van der Waals surface area contributed by atoms with Gasteiger partial charge in [-0.3, -0.25) is 4.79 Å². The van der Waals surface area contributed by atoms with Gasteiger partial charge >= 0.3 is 0 Å². The molecule has 0 bridgehead atoms. The van der Waals surface area contributed by atoms with Crippen LogP contribution in [0.15, 0.2) is 41.2 Å². The molecule has 1 N–H and O–H groups in total. The van der Waals surface area contributed by atoms with Crippen LogP contribution in [0.3, 0.4) is 0 Å². The van der Waals surface area contributed by atoms with E-state index in [2.05, 4.69) is 15.0 Å². The molecule has 138 valence electrons. The van der Waals surface area contributed by atoms with Crippen molar-refractivity contribution in [2.24, 2.45) is 0 Å². The molecule has 3 rings (SSSR count). The lowest BCUT2D eigenvalue weighted by Crippen LogP contribution is -2.13. The van der Waals surface area contributed by atoms with Gasteiger partial charge in [0.1, 0.15) is 5.75 Å². The summed E-state index contributed by atoms with van der Waals surface area (Å²) in [6, 6.07) is 10.7. The second kappa shape index (κ2) is 7.91. The minimum Gasteiger partial charge on any atom is -0.454 e. The molecule has 0 aliphatic heterocycles.